The predicted molar refractivity (Wildman–Crippen MR) is 34.1 cm³/mol. The fourth-order valence-electron chi connectivity index (χ4n) is 1.93. The third-order valence-corrected chi connectivity index (χ3v) is 2.51. The van der Waals surface area contributed by atoms with Gasteiger partial charge in [0, 0.05) is 18.9 Å². The number of rotatable bonds is 0. The van der Waals surface area contributed by atoms with Gasteiger partial charge in [0.05, 0.1) is 0 Å². The Balaban J connectivity index is 2.15. The van der Waals surface area contributed by atoms with Crippen molar-refractivity contribution in [2.75, 3.05) is 13.1 Å². The van der Waals surface area contributed by atoms with Crippen molar-refractivity contribution in [1.82, 2.24) is 5.32 Å². The van der Waals surface area contributed by atoms with Crippen LogP contribution in [-0.4, -0.2) is 18.9 Å². The lowest BCUT2D eigenvalue weighted by Crippen LogP contribution is -2.14. The van der Waals surface area contributed by atoms with E-state index in [1.807, 2.05) is 0 Å². The molecule has 1 saturated heterocycles. The first-order chi connectivity index (χ1) is 4.38. The maximum Gasteiger partial charge on any atom is 0.137 e. The van der Waals surface area contributed by atoms with Crippen molar-refractivity contribution < 1.29 is 4.79 Å². The van der Waals surface area contributed by atoms with E-state index >= 15 is 0 Å². The van der Waals surface area contributed by atoms with Gasteiger partial charge in [-0.15, -0.1) is 0 Å². The second-order valence-corrected chi connectivity index (χ2v) is 3.03. The number of hydrogen-bond acceptors (Lipinski definition) is 2. The van der Waals surface area contributed by atoms with Gasteiger partial charge in [-0.2, -0.15) is 0 Å². The van der Waals surface area contributed by atoms with Crippen LogP contribution in [0.3, 0.4) is 0 Å². The molecule has 2 nitrogen and oxygen atoms in total. The molecule has 2 fully saturated rings. The van der Waals surface area contributed by atoms with E-state index in [9.17, 15) is 4.79 Å². The van der Waals surface area contributed by atoms with Crippen LogP contribution in [0.2, 0.25) is 0 Å². The monoisotopic (exact) mass is 125 g/mol. The smallest absolute Gasteiger partial charge is 0.137 e. The van der Waals surface area contributed by atoms with Crippen molar-refractivity contribution in [3.63, 3.8) is 0 Å². The van der Waals surface area contributed by atoms with Crippen LogP contribution in [0.15, 0.2) is 0 Å². The molecule has 0 aromatic carbocycles. The lowest BCUT2D eigenvalue weighted by molar-refractivity contribution is -0.120. The Labute approximate surface area is 54.6 Å². The van der Waals surface area contributed by atoms with E-state index in [1.165, 1.54) is 0 Å². The van der Waals surface area contributed by atoms with Crippen LogP contribution in [-0.2, 0) is 4.79 Å². The topological polar surface area (TPSA) is 29.1 Å². The maximum atomic E-state index is 11.0. The zero-order valence-electron chi connectivity index (χ0n) is 5.39. The van der Waals surface area contributed by atoms with Crippen LogP contribution < -0.4 is 5.32 Å². The zero-order valence-corrected chi connectivity index (χ0v) is 5.39. The number of hydrogen-bond donors (Lipinski definition) is 1. The molecule has 1 N–H and O–H groups in total. The van der Waals surface area contributed by atoms with Crippen molar-refractivity contribution in [2.24, 2.45) is 11.8 Å². The highest BCUT2D eigenvalue weighted by molar-refractivity contribution is 5.84. The molecule has 0 aromatic rings. The number of carbonyl (C=O) groups excluding carboxylic acids is 1. The highest BCUT2D eigenvalue weighted by Crippen LogP contribution is 2.30. The van der Waals surface area contributed by atoms with E-state index in [-0.39, 0.29) is 0 Å². The molecular weight excluding hydrogens is 114 g/mol. The molecule has 1 aliphatic carbocycles. The van der Waals surface area contributed by atoms with Gasteiger partial charge in [-0.05, 0) is 18.9 Å². The van der Waals surface area contributed by atoms with Gasteiger partial charge in [0.1, 0.15) is 5.78 Å². The molecule has 0 bridgehead atoms. The van der Waals surface area contributed by atoms with Gasteiger partial charge in [0.2, 0.25) is 0 Å². The van der Waals surface area contributed by atoms with E-state index in [2.05, 4.69) is 5.32 Å². The fraction of sp³-hybridized carbons (Fsp3) is 0.857. The lowest BCUT2D eigenvalue weighted by Gasteiger charge is -2.01. The average molecular weight is 125 g/mol. The first-order valence-corrected chi connectivity index (χ1v) is 3.61. The van der Waals surface area contributed by atoms with E-state index in [0.29, 0.717) is 17.6 Å². The van der Waals surface area contributed by atoms with Crippen molar-refractivity contribution >= 4 is 5.78 Å². The van der Waals surface area contributed by atoms with Crippen LogP contribution in [0.1, 0.15) is 12.8 Å². The number of fused-ring (bicyclic) bond motifs is 1. The van der Waals surface area contributed by atoms with Gasteiger partial charge in [0.25, 0.3) is 0 Å². The Morgan fingerprint density at radius 2 is 2.33 bits per heavy atom. The first kappa shape index (κ1) is 5.42. The SMILES string of the molecule is O=C1CC[C@H]2CNC[C@@H]12. The summed E-state index contributed by atoms with van der Waals surface area (Å²) in [5, 5.41) is 3.23. The lowest BCUT2D eigenvalue weighted by atomic mass is 10.0. The van der Waals surface area contributed by atoms with Crippen LogP contribution in [0, 0.1) is 11.8 Å². The molecule has 2 atom stereocenters. The van der Waals surface area contributed by atoms with E-state index in [4.69, 9.17) is 0 Å². The molecule has 1 saturated carbocycles. The number of nitrogens with one attached hydrogen (secondary N) is 1. The van der Waals surface area contributed by atoms with E-state index in [0.717, 1.165) is 25.9 Å². The maximum absolute atomic E-state index is 11.0. The molecule has 1 heterocycles. The third kappa shape index (κ3) is 0.697. The Morgan fingerprint density at radius 1 is 1.44 bits per heavy atom. The summed E-state index contributed by atoms with van der Waals surface area (Å²) in [6.45, 7) is 2.03. The molecule has 2 aliphatic rings. The highest BCUT2D eigenvalue weighted by Gasteiger charge is 2.37. The number of carbonyl (C=O) groups is 1. The van der Waals surface area contributed by atoms with Gasteiger partial charge in [-0.25, -0.2) is 0 Å². The molecule has 0 unspecified atom stereocenters. The van der Waals surface area contributed by atoms with Crippen LogP contribution in [0.25, 0.3) is 0 Å². The standard InChI is InChI=1S/C7H11NO/c9-7-2-1-5-3-8-4-6(5)7/h5-6,8H,1-4H2/t5-,6+/m0/s1. The van der Waals surface area contributed by atoms with Crippen LogP contribution in [0.4, 0.5) is 0 Å². The minimum Gasteiger partial charge on any atom is -0.316 e. The molecule has 2 rings (SSSR count). The summed E-state index contributed by atoms with van der Waals surface area (Å²) in [5.74, 6) is 1.58. The summed E-state index contributed by atoms with van der Waals surface area (Å²) in [7, 11) is 0. The van der Waals surface area contributed by atoms with Gasteiger partial charge >= 0.3 is 0 Å². The average Bonchev–Trinajstić information content (AvgIpc) is 2.35. The Morgan fingerprint density at radius 3 is 3.11 bits per heavy atom. The number of Topliss-reactive ketones (excluding diaryl/α,β-unsaturated/α-hetero) is 1. The third-order valence-electron chi connectivity index (χ3n) is 2.51. The van der Waals surface area contributed by atoms with Gasteiger partial charge in [-0.1, -0.05) is 0 Å². The molecule has 0 aromatic heterocycles. The van der Waals surface area contributed by atoms with Crippen molar-refractivity contribution in [1.29, 1.82) is 0 Å². The molecular formula is C7H11NO. The summed E-state index contributed by atoms with van der Waals surface area (Å²) in [5.41, 5.74) is 0. The second-order valence-electron chi connectivity index (χ2n) is 3.03. The number of ketones is 1. The molecule has 2 heteroatoms. The van der Waals surface area contributed by atoms with E-state index in [1.54, 1.807) is 0 Å². The normalized spacial score (nSPS) is 41.6. The molecule has 0 radical (unpaired) electrons. The van der Waals surface area contributed by atoms with Crippen molar-refractivity contribution in [2.45, 2.75) is 12.8 Å². The summed E-state index contributed by atoms with van der Waals surface area (Å²) in [6, 6.07) is 0. The van der Waals surface area contributed by atoms with E-state index < -0.39 is 0 Å². The molecule has 50 valence electrons. The summed E-state index contributed by atoms with van der Waals surface area (Å²) < 4.78 is 0. The Bertz CT molecular complexity index is 144. The molecule has 0 spiro atoms. The second kappa shape index (κ2) is 1.81. The summed E-state index contributed by atoms with van der Waals surface area (Å²) in [6.07, 6.45) is 1.98. The predicted octanol–water partition coefficient (Wildman–Crippen LogP) is 0.185. The van der Waals surface area contributed by atoms with Gasteiger partial charge in [-0.3, -0.25) is 4.79 Å². The quantitative estimate of drug-likeness (QED) is 0.500. The van der Waals surface area contributed by atoms with Gasteiger partial charge in [0.15, 0.2) is 0 Å². The van der Waals surface area contributed by atoms with Gasteiger partial charge < -0.3 is 5.32 Å². The fourth-order valence-corrected chi connectivity index (χ4v) is 1.93. The minimum absolute atomic E-state index is 0.394. The Kier molecular flexibility index (Phi) is 1.09. The van der Waals surface area contributed by atoms with Crippen molar-refractivity contribution in [3.8, 4) is 0 Å². The Hall–Kier alpha value is -0.370. The first-order valence-electron chi connectivity index (χ1n) is 3.61. The van der Waals surface area contributed by atoms with Crippen LogP contribution in [0.5, 0.6) is 0 Å². The van der Waals surface area contributed by atoms with Crippen LogP contribution >= 0.6 is 0 Å². The zero-order chi connectivity index (χ0) is 6.27. The summed E-state index contributed by atoms with van der Waals surface area (Å²) >= 11 is 0. The molecule has 1 aliphatic heterocycles. The van der Waals surface area contributed by atoms with Crippen molar-refractivity contribution in [3.05, 3.63) is 0 Å². The largest absolute Gasteiger partial charge is 0.316 e. The minimum atomic E-state index is 0.394. The highest BCUT2D eigenvalue weighted by atomic mass is 16.1. The molecule has 0 amide bonds. The molecule has 9 heavy (non-hydrogen) atoms. The summed E-state index contributed by atoms with van der Waals surface area (Å²) in [4.78, 5) is 11.0.